The maximum absolute atomic E-state index is 12.0. The number of hydrogen-bond acceptors (Lipinski definition) is 3. The minimum Gasteiger partial charge on any atom is -0.472 e. The Balaban J connectivity index is 1.55. The molecule has 5 heteroatoms. The lowest BCUT2D eigenvalue weighted by molar-refractivity contribution is -0.121. The number of fused-ring (bicyclic) bond motifs is 1. The average Bonchev–Trinajstić information content (AvgIpc) is 3.07. The van der Waals surface area contributed by atoms with Crippen LogP contribution in [-0.4, -0.2) is 18.4 Å². The van der Waals surface area contributed by atoms with Crippen molar-refractivity contribution in [3.63, 3.8) is 0 Å². The molecule has 2 N–H and O–H groups in total. The zero-order valence-corrected chi connectivity index (χ0v) is 12.2. The van der Waals surface area contributed by atoms with E-state index in [0.717, 1.165) is 19.3 Å². The van der Waals surface area contributed by atoms with Crippen LogP contribution in [0.2, 0.25) is 0 Å². The quantitative estimate of drug-likeness (QED) is 0.909. The fraction of sp³-hybridized carbons (Fsp3) is 0.294. The molecular formula is C17H18N2O3. The third-order valence-electron chi connectivity index (χ3n) is 3.90. The molecule has 0 spiro atoms. The molecule has 1 aliphatic carbocycles. The van der Waals surface area contributed by atoms with Gasteiger partial charge in [0.15, 0.2) is 0 Å². The molecule has 1 heterocycles. The Hall–Kier alpha value is -2.56. The number of hydrogen-bond donors (Lipinski definition) is 2. The van der Waals surface area contributed by atoms with Crippen LogP contribution in [0.25, 0.3) is 0 Å². The Morgan fingerprint density at radius 3 is 2.91 bits per heavy atom. The first kappa shape index (κ1) is 14.4. The molecule has 2 aromatic rings. The van der Waals surface area contributed by atoms with Gasteiger partial charge < -0.3 is 15.1 Å². The summed E-state index contributed by atoms with van der Waals surface area (Å²) in [5, 5.41) is 5.59. The van der Waals surface area contributed by atoms with E-state index in [4.69, 9.17) is 4.42 Å². The fourth-order valence-corrected chi connectivity index (χ4v) is 2.81. The van der Waals surface area contributed by atoms with Gasteiger partial charge in [-0.25, -0.2) is 0 Å². The lowest BCUT2D eigenvalue weighted by atomic mass is 9.88. The van der Waals surface area contributed by atoms with Gasteiger partial charge in [0.05, 0.1) is 24.4 Å². The highest BCUT2D eigenvalue weighted by atomic mass is 16.3. The Bertz CT molecular complexity index is 664. The van der Waals surface area contributed by atoms with E-state index in [9.17, 15) is 9.59 Å². The number of rotatable bonds is 4. The second kappa shape index (κ2) is 6.47. The minimum absolute atomic E-state index is 0.0308. The average molecular weight is 298 g/mol. The molecule has 0 fully saturated rings. The van der Waals surface area contributed by atoms with Crippen molar-refractivity contribution in [2.75, 3.05) is 6.54 Å². The van der Waals surface area contributed by atoms with Gasteiger partial charge in [0, 0.05) is 0 Å². The predicted molar refractivity (Wildman–Crippen MR) is 81.3 cm³/mol. The molecule has 3 rings (SSSR count). The van der Waals surface area contributed by atoms with Crippen LogP contribution >= 0.6 is 0 Å². The molecule has 1 aromatic heterocycles. The topological polar surface area (TPSA) is 71.3 Å². The van der Waals surface area contributed by atoms with Crippen LogP contribution in [0, 0.1) is 0 Å². The monoisotopic (exact) mass is 298 g/mol. The van der Waals surface area contributed by atoms with Crippen LogP contribution in [0.3, 0.4) is 0 Å². The molecule has 0 aliphatic heterocycles. The van der Waals surface area contributed by atoms with E-state index in [2.05, 4.69) is 22.8 Å². The third-order valence-corrected chi connectivity index (χ3v) is 3.90. The van der Waals surface area contributed by atoms with Crippen molar-refractivity contribution < 1.29 is 14.0 Å². The zero-order chi connectivity index (χ0) is 15.4. The number of furan rings is 1. The van der Waals surface area contributed by atoms with Crippen molar-refractivity contribution in [2.45, 2.75) is 25.3 Å². The molecule has 2 amide bonds. The lowest BCUT2D eigenvalue weighted by Gasteiger charge is -2.26. The van der Waals surface area contributed by atoms with Crippen molar-refractivity contribution in [1.82, 2.24) is 10.6 Å². The first-order chi connectivity index (χ1) is 10.7. The van der Waals surface area contributed by atoms with Crippen LogP contribution in [0.15, 0.2) is 47.3 Å². The lowest BCUT2D eigenvalue weighted by Crippen LogP contribution is -2.39. The molecule has 0 saturated heterocycles. The molecule has 0 unspecified atom stereocenters. The van der Waals surface area contributed by atoms with Gasteiger partial charge in [-0.05, 0) is 36.5 Å². The van der Waals surface area contributed by atoms with Gasteiger partial charge in [-0.1, -0.05) is 24.3 Å². The van der Waals surface area contributed by atoms with E-state index in [0.29, 0.717) is 5.56 Å². The Kier molecular flexibility index (Phi) is 4.23. The summed E-state index contributed by atoms with van der Waals surface area (Å²) in [5.74, 6) is -0.494. The molecule has 1 aliphatic rings. The van der Waals surface area contributed by atoms with Crippen LogP contribution in [0.5, 0.6) is 0 Å². The molecule has 114 valence electrons. The number of carbonyl (C=O) groups excluding carboxylic acids is 2. The molecule has 5 nitrogen and oxygen atoms in total. The Morgan fingerprint density at radius 2 is 2.09 bits per heavy atom. The number of amides is 2. The largest absolute Gasteiger partial charge is 0.472 e. The summed E-state index contributed by atoms with van der Waals surface area (Å²) in [6, 6.07) is 9.77. The number of carbonyl (C=O) groups is 2. The van der Waals surface area contributed by atoms with Crippen LogP contribution in [-0.2, 0) is 11.2 Å². The van der Waals surface area contributed by atoms with Crippen molar-refractivity contribution in [3.8, 4) is 0 Å². The first-order valence-corrected chi connectivity index (χ1v) is 7.41. The van der Waals surface area contributed by atoms with Gasteiger partial charge in [-0.15, -0.1) is 0 Å². The SMILES string of the molecule is O=C(CNC(=O)c1ccoc1)N[C@H]1CCCc2ccccc21. The van der Waals surface area contributed by atoms with E-state index >= 15 is 0 Å². The molecule has 0 radical (unpaired) electrons. The highest BCUT2D eigenvalue weighted by molar-refractivity contribution is 5.96. The Labute approximate surface area is 128 Å². The molecule has 1 atom stereocenters. The maximum atomic E-state index is 12.0. The predicted octanol–water partition coefficient (Wildman–Crippen LogP) is 2.20. The van der Waals surface area contributed by atoms with Crippen molar-refractivity contribution >= 4 is 11.8 Å². The normalized spacial score (nSPS) is 16.6. The first-order valence-electron chi connectivity index (χ1n) is 7.41. The van der Waals surface area contributed by atoms with Crippen LogP contribution in [0.1, 0.15) is 40.4 Å². The summed E-state index contributed by atoms with van der Waals surface area (Å²) in [4.78, 5) is 23.8. The Morgan fingerprint density at radius 1 is 1.23 bits per heavy atom. The zero-order valence-electron chi connectivity index (χ0n) is 12.2. The highest BCUT2D eigenvalue weighted by Crippen LogP contribution is 2.29. The van der Waals surface area contributed by atoms with Gasteiger partial charge in [-0.2, -0.15) is 0 Å². The van der Waals surface area contributed by atoms with Crippen molar-refractivity contribution in [1.29, 1.82) is 0 Å². The maximum Gasteiger partial charge on any atom is 0.254 e. The number of benzene rings is 1. The third kappa shape index (κ3) is 3.19. The number of aryl methyl sites for hydroxylation is 1. The molecular weight excluding hydrogens is 280 g/mol. The van der Waals surface area contributed by atoms with Crippen LogP contribution < -0.4 is 10.6 Å². The summed E-state index contributed by atoms with van der Waals surface area (Å²) >= 11 is 0. The second-order valence-corrected chi connectivity index (χ2v) is 5.41. The van der Waals surface area contributed by atoms with E-state index in [1.165, 1.54) is 23.7 Å². The van der Waals surface area contributed by atoms with Crippen molar-refractivity contribution in [2.24, 2.45) is 0 Å². The smallest absolute Gasteiger partial charge is 0.254 e. The molecule has 0 bridgehead atoms. The summed E-state index contributed by atoms with van der Waals surface area (Å²) in [7, 11) is 0. The van der Waals surface area contributed by atoms with E-state index < -0.39 is 0 Å². The van der Waals surface area contributed by atoms with Crippen molar-refractivity contribution in [3.05, 3.63) is 59.5 Å². The van der Waals surface area contributed by atoms with E-state index in [-0.39, 0.29) is 24.4 Å². The summed E-state index contributed by atoms with van der Waals surface area (Å²) < 4.78 is 4.84. The molecule has 0 saturated carbocycles. The molecule has 1 aromatic carbocycles. The van der Waals surface area contributed by atoms with Gasteiger partial charge >= 0.3 is 0 Å². The van der Waals surface area contributed by atoms with Crippen LogP contribution in [0.4, 0.5) is 0 Å². The fourth-order valence-electron chi connectivity index (χ4n) is 2.81. The van der Waals surface area contributed by atoms with E-state index in [1.54, 1.807) is 6.07 Å². The summed E-state index contributed by atoms with van der Waals surface area (Å²) in [6.45, 7) is -0.0390. The van der Waals surface area contributed by atoms with Gasteiger partial charge in [-0.3, -0.25) is 9.59 Å². The van der Waals surface area contributed by atoms with Gasteiger partial charge in [0.25, 0.3) is 5.91 Å². The summed E-state index contributed by atoms with van der Waals surface area (Å²) in [6.07, 6.45) is 5.82. The minimum atomic E-state index is -0.312. The van der Waals surface area contributed by atoms with E-state index in [1.807, 2.05) is 12.1 Å². The summed E-state index contributed by atoms with van der Waals surface area (Å²) in [5.41, 5.74) is 2.89. The second-order valence-electron chi connectivity index (χ2n) is 5.41. The van der Waals surface area contributed by atoms with Gasteiger partial charge in [0.1, 0.15) is 6.26 Å². The number of nitrogens with one attached hydrogen (secondary N) is 2. The van der Waals surface area contributed by atoms with Gasteiger partial charge in [0.2, 0.25) is 5.91 Å². The highest BCUT2D eigenvalue weighted by Gasteiger charge is 2.21. The standard InChI is InChI=1S/C17H18N2O3/c20-16(10-18-17(21)13-8-9-22-11-13)19-15-7-3-5-12-4-1-2-6-14(12)15/h1-2,4,6,8-9,11,15H,3,5,7,10H2,(H,18,21)(H,19,20)/t15-/m0/s1. The molecule has 22 heavy (non-hydrogen) atoms.